The Morgan fingerprint density at radius 2 is 1.83 bits per heavy atom. The van der Waals surface area contributed by atoms with E-state index in [1.807, 2.05) is 12.5 Å². The Labute approximate surface area is 72.4 Å². The Balaban J connectivity index is 0.000000217. The van der Waals surface area contributed by atoms with E-state index >= 15 is 0 Å². The van der Waals surface area contributed by atoms with Crippen molar-refractivity contribution in [1.29, 1.82) is 0 Å². The van der Waals surface area contributed by atoms with Crippen LogP contribution in [0.4, 0.5) is 0 Å². The van der Waals surface area contributed by atoms with Gasteiger partial charge in [0.25, 0.3) is 0 Å². The summed E-state index contributed by atoms with van der Waals surface area (Å²) in [5, 5.41) is 0. The molecule has 5 nitrogen and oxygen atoms in total. The molecule has 1 heterocycles. The van der Waals surface area contributed by atoms with Crippen molar-refractivity contribution in [2.75, 3.05) is 20.4 Å². The van der Waals surface area contributed by atoms with Crippen LogP contribution >= 0.6 is 0 Å². The Hall–Kier alpha value is -0.720. The fourth-order valence-electron chi connectivity index (χ4n) is 0.459. The molecular formula is C6H12N2O3S. The molecule has 0 atom stereocenters. The molecule has 70 valence electrons. The molecule has 0 saturated carbocycles. The summed E-state index contributed by atoms with van der Waals surface area (Å²) in [5.74, 6) is 0. The van der Waals surface area contributed by atoms with Crippen molar-refractivity contribution >= 4 is 16.5 Å². The van der Waals surface area contributed by atoms with E-state index in [1.54, 1.807) is 6.20 Å². The van der Waals surface area contributed by atoms with Gasteiger partial charge in [0.15, 0.2) is 6.34 Å². The summed E-state index contributed by atoms with van der Waals surface area (Å²) in [6.45, 7) is 0. The summed E-state index contributed by atoms with van der Waals surface area (Å²) in [6.07, 6.45) is 6.30. The predicted molar refractivity (Wildman–Crippen MR) is 45.4 cm³/mol. The highest BCUT2D eigenvalue weighted by Gasteiger charge is 2.09. The van der Waals surface area contributed by atoms with Gasteiger partial charge in [0.1, 0.15) is 6.20 Å². The minimum atomic E-state index is -3.92. The van der Waals surface area contributed by atoms with E-state index in [9.17, 15) is 0 Å². The van der Waals surface area contributed by atoms with Crippen LogP contribution in [0.15, 0.2) is 17.4 Å². The fourth-order valence-corrected chi connectivity index (χ4v) is 0.459. The number of rotatable bonds is 0. The zero-order valence-corrected chi connectivity index (χ0v) is 8.08. The molecule has 6 heteroatoms. The minimum absolute atomic E-state index is 0.604. The van der Waals surface area contributed by atoms with Crippen molar-refractivity contribution in [2.24, 2.45) is 4.99 Å². The van der Waals surface area contributed by atoms with Gasteiger partial charge in [-0.2, -0.15) is 0 Å². The standard InChI is InChI=1S/C5H9N2.CH4O3S/c1-7(2)4-3-6-5-7;1-5(2,3)4/h3-5H,1-2H3;1H3,(H,2,3,4)/q+1;/p-1. The van der Waals surface area contributed by atoms with Crippen molar-refractivity contribution in [2.45, 2.75) is 0 Å². The SMILES string of the molecule is CS(=O)(=O)[O-].C[N+]1(C)C=CN=C1. The molecule has 0 fully saturated rings. The summed E-state index contributed by atoms with van der Waals surface area (Å²) >= 11 is 0. The fraction of sp³-hybridized carbons (Fsp3) is 0.500. The Kier molecular flexibility index (Phi) is 3.56. The van der Waals surface area contributed by atoms with E-state index in [2.05, 4.69) is 19.1 Å². The van der Waals surface area contributed by atoms with Crippen LogP contribution in [0.3, 0.4) is 0 Å². The Bertz CT molecular complexity index is 268. The smallest absolute Gasteiger partial charge is 0.194 e. The van der Waals surface area contributed by atoms with Crippen LogP contribution in [0.2, 0.25) is 0 Å². The maximum Gasteiger partial charge on any atom is 0.194 e. The number of hydrogen-bond donors (Lipinski definition) is 0. The molecule has 0 saturated heterocycles. The van der Waals surface area contributed by atoms with Gasteiger partial charge >= 0.3 is 0 Å². The van der Waals surface area contributed by atoms with Gasteiger partial charge in [-0.05, 0) is 0 Å². The molecule has 0 bridgehead atoms. The largest absolute Gasteiger partial charge is 0.748 e. The first-order chi connectivity index (χ1) is 5.21. The van der Waals surface area contributed by atoms with Gasteiger partial charge in [0, 0.05) is 6.26 Å². The molecule has 0 spiro atoms. The van der Waals surface area contributed by atoms with E-state index in [0.717, 1.165) is 4.48 Å². The van der Waals surface area contributed by atoms with Gasteiger partial charge < -0.3 is 4.55 Å². The molecule has 0 aromatic carbocycles. The van der Waals surface area contributed by atoms with Crippen LogP contribution in [0.25, 0.3) is 0 Å². The van der Waals surface area contributed by atoms with Crippen LogP contribution in [-0.4, -0.2) is 44.1 Å². The van der Waals surface area contributed by atoms with Crippen molar-refractivity contribution in [3.63, 3.8) is 0 Å². The highest BCUT2D eigenvalue weighted by Crippen LogP contribution is 1.99. The topological polar surface area (TPSA) is 69.6 Å². The summed E-state index contributed by atoms with van der Waals surface area (Å²) in [6, 6.07) is 0. The van der Waals surface area contributed by atoms with Gasteiger partial charge in [-0.1, -0.05) is 0 Å². The number of nitrogens with zero attached hydrogens (tertiary/aromatic N) is 2. The predicted octanol–water partition coefficient (Wildman–Crippen LogP) is -0.263. The molecule has 0 N–H and O–H groups in total. The third kappa shape index (κ3) is 9.28. The van der Waals surface area contributed by atoms with Crippen LogP contribution in [0.1, 0.15) is 0 Å². The van der Waals surface area contributed by atoms with Crippen LogP contribution in [0, 0.1) is 0 Å². The maximum atomic E-state index is 9.08. The Morgan fingerprint density at radius 1 is 1.42 bits per heavy atom. The first-order valence-corrected chi connectivity index (χ1v) is 4.99. The normalized spacial score (nSPS) is 18.7. The van der Waals surface area contributed by atoms with Crippen LogP contribution in [-0.2, 0) is 10.1 Å². The van der Waals surface area contributed by atoms with Crippen LogP contribution < -0.4 is 0 Å². The van der Waals surface area contributed by atoms with E-state index in [-0.39, 0.29) is 0 Å². The van der Waals surface area contributed by atoms with Crippen molar-refractivity contribution in [3.8, 4) is 0 Å². The first-order valence-electron chi connectivity index (χ1n) is 3.17. The average Bonchev–Trinajstić information content (AvgIpc) is 2.08. The molecule has 1 aliphatic heterocycles. The molecule has 1 rings (SSSR count). The second-order valence-electron chi connectivity index (χ2n) is 2.90. The lowest BCUT2D eigenvalue weighted by atomic mass is 10.7. The molecule has 0 unspecified atom stereocenters. The molecule has 0 aromatic rings. The van der Waals surface area contributed by atoms with Crippen molar-refractivity contribution in [1.82, 2.24) is 0 Å². The van der Waals surface area contributed by atoms with Gasteiger partial charge in [0.05, 0.1) is 30.4 Å². The average molecular weight is 192 g/mol. The molecule has 12 heavy (non-hydrogen) atoms. The zero-order valence-electron chi connectivity index (χ0n) is 7.26. The number of hydrogen-bond acceptors (Lipinski definition) is 4. The van der Waals surface area contributed by atoms with Crippen molar-refractivity contribution in [3.05, 3.63) is 12.4 Å². The highest BCUT2D eigenvalue weighted by atomic mass is 32.2. The van der Waals surface area contributed by atoms with E-state index in [4.69, 9.17) is 13.0 Å². The lowest BCUT2D eigenvalue weighted by Gasteiger charge is -2.12. The number of aliphatic imine (C=N–C) groups is 1. The monoisotopic (exact) mass is 192 g/mol. The highest BCUT2D eigenvalue weighted by molar-refractivity contribution is 7.84. The van der Waals surface area contributed by atoms with Gasteiger partial charge in [-0.25, -0.2) is 13.4 Å². The van der Waals surface area contributed by atoms with Gasteiger partial charge in [0.2, 0.25) is 0 Å². The summed E-state index contributed by atoms with van der Waals surface area (Å²) in [7, 11) is 0.208. The third-order valence-electron chi connectivity index (χ3n) is 0.901. The molecule has 0 radical (unpaired) electrons. The zero-order chi connectivity index (χ0) is 9.83. The molecule has 0 aromatic heterocycles. The quantitative estimate of drug-likeness (QED) is 0.392. The number of quaternary nitrogens is 1. The molecule has 1 aliphatic rings. The lowest BCUT2D eigenvalue weighted by Crippen LogP contribution is -2.28. The van der Waals surface area contributed by atoms with E-state index in [1.165, 1.54) is 0 Å². The Morgan fingerprint density at radius 3 is 1.92 bits per heavy atom. The minimum Gasteiger partial charge on any atom is -0.748 e. The molecule has 0 amide bonds. The summed E-state index contributed by atoms with van der Waals surface area (Å²) < 4.78 is 28.0. The van der Waals surface area contributed by atoms with Crippen molar-refractivity contribution < 1.29 is 17.5 Å². The second-order valence-corrected chi connectivity index (χ2v) is 4.30. The maximum absolute atomic E-state index is 9.08. The molecule has 0 aliphatic carbocycles. The first kappa shape index (κ1) is 11.3. The van der Waals surface area contributed by atoms with E-state index in [0.29, 0.717) is 6.26 Å². The molecular weight excluding hydrogens is 180 g/mol. The third-order valence-corrected chi connectivity index (χ3v) is 0.901. The van der Waals surface area contributed by atoms with Crippen LogP contribution in [0.5, 0.6) is 0 Å². The summed E-state index contributed by atoms with van der Waals surface area (Å²) in [5.41, 5.74) is 0. The summed E-state index contributed by atoms with van der Waals surface area (Å²) in [4.78, 5) is 3.90. The second kappa shape index (κ2) is 3.79. The van der Waals surface area contributed by atoms with Gasteiger partial charge in [-0.3, -0.25) is 4.48 Å². The van der Waals surface area contributed by atoms with E-state index < -0.39 is 10.1 Å². The lowest BCUT2D eigenvalue weighted by molar-refractivity contribution is -0.732. The van der Waals surface area contributed by atoms with Gasteiger partial charge in [-0.15, -0.1) is 0 Å².